The second-order valence-electron chi connectivity index (χ2n) is 9.09. The molecule has 2 aromatic carbocycles. The minimum atomic E-state index is -3.96. The van der Waals surface area contributed by atoms with E-state index in [0.717, 1.165) is 35.2 Å². The van der Waals surface area contributed by atoms with Gasteiger partial charge in [0.1, 0.15) is 5.82 Å². The van der Waals surface area contributed by atoms with Gasteiger partial charge in [-0.1, -0.05) is 43.7 Å². The van der Waals surface area contributed by atoms with Crippen LogP contribution in [0.25, 0.3) is 0 Å². The normalized spacial score (nSPS) is 16.2. The number of fused-ring (bicyclic) bond motifs is 1. The average Bonchev–Trinajstić information content (AvgIpc) is 3.27. The van der Waals surface area contributed by atoms with Crippen LogP contribution < -0.4 is 0 Å². The number of sulfonamides is 1. The number of amides is 1. The third-order valence-electron chi connectivity index (χ3n) is 6.01. The highest BCUT2D eigenvalue weighted by molar-refractivity contribution is 7.89. The van der Waals surface area contributed by atoms with E-state index < -0.39 is 15.8 Å². The van der Waals surface area contributed by atoms with E-state index in [2.05, 4.69) is 6.07 Å². The maximum absolute atomic E-state index is 13.7. The molecule has 0 saturated carbocycles. The quantitative estimate of drug-likeness (QED) is 0.458. The van der Waals surface area contributed by atoms with Gasteiger partial charge in [-0.15, -0.1) is 11.3 Å². The number of thiophene rings is 1. The lowest BCUT2D eigenvalue weighted by molar-refractivity contribution is -0.133. The Morgan fingerprint density at radius 3 is 2.44 bits per heavy atom. The van der Waals surface area contributed by atoms with Crippen molar-refractivity contribution < 1.29 is 17.6 Å². The highest BCUT2D eigenvalue weighted by atomic mass is 32.2. The molecule has 8 heteroatoms. The zero-order valence-electron chi connectivity index (χ0n) is 19.6. The summed E-state index contributed by atoms with van der Waals surface area (Å²) in [6.45, 7) is 6.29. The molecule has 1 aliphatic heterocycles. The Labute approximate surface area is 204 Å². The minimum Gasteiger partial charge on any atom is -0.330 e. The van der Waals surface area contributed by atoms with Gasteiger partial charge in [-0.05, 0) is 66.1 Å². The molecule has 1 atom stereocenters. The molecule has 1 aliphatic rings. The molecule has 1 unspecified atom stereocenters. The molecule has 0 spiro atoms. The number of hydrogen-bond donors (Lipinski definition) is 0. The fourth-order valence-corrected chi connectivity index (χ4v) is 6.80. The molecule has 3 aromatic rings. The molecule has 1 amide bonds. The van der Waals surface area contributed by atoms with Crippen molar-refractivity contribution in [2.75, 3.05) is 19.6 Å². The van der Waals surface area contributed by atoms with E-state index >= 15 is 0 Å². The molecule has 180 valence electrons. The molecule has 5 nitrogen and oxygen atoms in total. The monoisotopic (exact) mass is 500 g/mol. The second kappa shape index (κ2) is 9.98. The SMILES string of the molecule is Cc1ccc(C2c3ccsc3CCN2C(=O)CN(CC(C)C)S(=O)(=O)c2ccc(F)cc2)cc1. The van der Waals surface area contributed by atoms with Crippen molar-refractivity contribution >= 4 is 27.3 Å². The topological polar surface area (TPSA) is 57.7 Å². The van der Waals surface area contributed by atoms with E-state index in [0.29, 0.717) is 6.54 Å². The van der Waals surface area contributed by atoms with E-state index in [1.54, 1.807) is 16.2 Å². The maximum atomic E-state index is 13.7. The van der Waals surface area contributed by atoms with Crippen LogP contribution in [0.5, 0.6) is 0 Å². The van der Waals surface area contributed by atoms with Gasteiger partial charge < -0.3 is 4.90 Å². The van der Waals surface area contributed by atoms with Crippen LogP contribution in [-0.4, -0.2) is 43.2 Å². The molecule has 4 rings (SSSR count). The van der Waals surface area contributed by atoms with Crippen molar-refractivity contribution in [1.82, 2.24) is 9.21 Å². The minimum absolute atomic E-state index is 0.0146. The molecule has 0 bridgehead atoms. The average molecular weight is 501 g/mol. The summed E-state index contributed by atoms with van der Waals surface area (Å²) in [6.07, 6.45) is 0.746. The van der Waals surface area contributed by atoms with E-state index in [1.807, 2.05) is 50.4 Å². The summed E-state index contributed by atoms with van der Waals surface area (Å²) in [5, 5.41) is 2.05. The summed E-state index contributed by atoms with van der Waals surface area (Å²) < 4.78 is 41.4. The first-order chi connectivity index (χ1) is 16.2. The molecule has 2 heterocycles. The zero-order chi connectivity index (χ0) is 24.5. The third kappa shape index (κ3) is 5.09. The molecule has 0 radical (unpaired) electrons. The maximum Gasteiger partial charge on any atom is 0.243 e. The van der Waals surface area contributed by atoms with Crippen molar-refractivity contribution in [3.05, 3.63) is 87.4 Å². The first-order valence-electron chi connectivity index (χ1n) is 11.3. The van der Waals surface area contributed by atoms with Gasteiger partial charge >= 0.3 is 0 Å². The van der Waals surface area contributed by atoms with E-state index in [4.69, 9.17) is 0 Å². The van der Waals surface area contributed by atoms with Crippen molar-refractivity contribution in [2.45, 2.75) is 38.1 Å². The highest BCUT2D eigenvalue weighted by Gasteiger charge is 2.35. The number of hydrogen-bond acceptors (Lipinski definition) is 4. The number of nitrogens with zero attached hydrogens (tertiary/aromatic N) is 2. The second-order valence-corrected chi connectivity index (χ2v) is 12.0. The van der Waals surface area contributed by atoms with Gasteiger partial charge in [0, 0.05) is 18.0 Å². The van der Waals surface area contributed by atoms with Gasteiger partial charge in [0.05, 0.1) is 17.5 Å². The lowest BCUT2D eigenvalue weighted by Gasteiger charge is -2.37. The van der Waals surface area contributed by atoms with Gasteiger partial charge in [-0.25, -0.2) is 12.8 Å². The van der Waals surface area contributed by atoms with Crippen LogP contribution in [0.3, 0.4) is 0 Å². The predicted octanol–water partition coefficient (Wildman–Crippen LogP) is 5.02. The van der Waals surface area contributed by atoms with Gasteiger partial charge in [-0.2, -0.15) is 4.31 Å². The molecule has 1 aromatic heterocycles. The largest absolute Gasteiger partial charge is 0.330 e. The summed E-state index contributed by atoms with van der Waals surface area (Å²) in [7, 11) is -3.96. The van der Waals surface area contributed by atoms with Crippen molar-refractivity contribution in [1.29, 1.82) is 0 Å². The number of carbonyl (C=O) groups is 1. The van der Waals surface area contributed by atoms with Crippen LogP contribution >= 0.6 is 11.3 Å². The molecule has 34 heavy (non-hydrogen) atoms. The predicted molar refractivity (Wildman–Crippen MR) is 133 cm³/mol. The molecular weight excluding hydrogens is 471 g/mol. The van der Waals surface area contributed by atoms with E-state index in [1.165, 1.54) is 21.3 Å². The molecule has 0 fully saturated rings. The van der Waals surface area contributed by atoms with E-state index in [9.17, 15) is 17.6 Å². The van der Waals surface area contributed by atoms with Crippen LogP contribution in [0, 0.1) is 18.7 Å². The summed E-state index contributed by atoms with van der Waals surface area (Å²) in [6, 6.07) is 14.7. The number of aryl methyl sites for hydroxylation is 1. The fourth-order valence-electron chi connectivity index (χ4n) is 4.35. The number of benzene rings is 2. The summed E-state index contributed by atoms with van der Waals surface area (Å²) in [5.74, 6) is -0.735. The Hall–Kier alpha value is -2.55. The van der Waals surface area contributed by atoms with Crippen molar-refractivity contribution in [3.8, 4) is 0 Å². The Bertz CT molecular complexity index is 1250. The van der Waals surface area contributed by atoms with Crippen LogP contribution in [-0.2, 0) is 21.2 Å². The molecule has 0 aliphatic carbocycles. The molecular formula is C26H29FN2O3S2. The summed E-state index contributed by atoms with van der Waals surface area (Å²) in [5.41, 5.74) is 3.25. The van der Waals surface area contributed by atoms with Crippen LogP contribution in [0.4, 0.5) is 4.39 Å². The lowest BCUT2D eigenvalue weighted by Crippen LogP contribution is -2.47. The van der Waals surface area contributed by atoms with Gasteiger partial charge in [0.15, 0.2) is 0 Å². The van der Waals surface area contributed by atoms with Crippen molar-refractivity contribution in [3.63, 3.8) is 0 Å². The fraction of sp³-hybridized carbons (Fsp3) is 0.346. The number of carbonyl (C=O) groups excluding carboxylic acids is 1. The van der Waals surface area contributed by atoms with E-state index in [-0.39, 0.29) is 35.9 Å². The van der Waals surface area contributed by atoms with Gasteiger partial charge in [0.25, 0.3) is 0 Å². The first-order valence-corrected chi connectivity index (χ1v) is 13.7. The van der Waals surface area contributed by atoms with Crippen molar-refractivity contribution in [2.24, 2.45) is 5.92 Å². The number of halogens is 1. The Morgan fingerprint density at radius 1 is 1.12 bits per heavy atom. The van der Waals surface area contributed by atoms with Gasteiger partial charge in [0.2, 0.25) is 15.9 Å². The zero-order valence-corrected chi connectivity index (χ0v) is 21.2. The summed E-state index contributed by atoms with van der Waals surface area (Å²) in [4.78, 5) is 16.7. The van der Waals surface area contributed by atoms with Gasteiger partial charge in [-0.3, -0.25) is 4.79 Å². The standard InChI is InChI=1S/C26H29FN2O3S2/c1-18(2)16-28(34(31,32)22-10-8-21(27)9-11-22)17-25(30)29-14-12-24-23(13-15-33-24)26(29)20-6-4-19(3)5-7-20/h4-11,13,15,18,26H,12,14,16-17H2,1-3H3. The third-order valence-corrected chi connectivity index (χ3v) is 8.83. The molecule has 0 saturated heterocycles. The Morgan fingerprint density at radius 2 is 1.79 bits per heavy atom. The smallest absolute Gasteiger partial charge is 0.243 e. The summed E-state index contributed by atoms with van der Waals surface area (Å²) >= 11 is 1.69. The highest BCUT2D eigenvalue weighted by Crippen LogP contribution is 2.38. The number of rotatable bonds is 7. The van der Waals surface area contributed by atoms with Crippen LogP contribution in [0.15, 0.2) is 64.9 Å². The lowest BCUT2D eigenvalue weighted by atomic mass is 9.92. The van der Waals surface area contributed by atoms with Crippen LogP contribution in [0.1, 0.15) is 41.5 Å². The molecule has 0 N–H and O–H groups in total. The van der Waals surface area contributed by atoms with Crippen LogP contribution in [0.2, 0.25) is 0 Å². The Balaban J connectivity index is 1.66. The first kappa shape index (κ1) is 24.6. The Kier molecular flexibility index (Phi) is 7.21.